The molecule has 0 spiro atoms. The monoisotopic (exact) mass is 379 g/mol. The van der Waals surface area contributed by atoms with Crippen LogP contribution in [0.15, 0.2) is 42.6 Å². The topological polar surface area (TPSA) is 102 Å². The quantitative estimate of drug-likeness (QED) is 0.369. The zero-order valence-electron chi connectivity index (χ0n) is 15.2. The summed E-state index contributed by atoms with van der Waals surface area (Å²) in [7, 11) is 0. The van der Waals surface area contributed by atoms with Gasteiger partial charge in [-0.05, 0) is 48.7 Å². The first kappa shape index (κ1) is 17.9. The van der Waals surface area contributed by atoms with E-state index in [0.29, 0.717) is 23.2 Å². The normalized spacial score (nSPS) is 17.6. The van der Waals surface area contributed by atoms with Crippen LogP contribution in [0.3, 0.4) is 0 Å². The number of carbonyl (C=O) groups excluding carboxylic acids is 2. The van der Waals surface area contributed by atoms with Crippen molar-refractivity contribution in [1.29, 1.82) is 0 Å². The Morgan fingerprint density at radius 1 is 0.964 bits per heavy atom. The number of hydrogen-bond donors (Lipinski definition) is 4. The second-order valence-corrected chi connectivity index (χ2v) is 6.97. The largest absolute Gasteiger partial charge is 0.504 e. The molecule has 4 N–H and O–H groups in total. The summed E-state index contributed by atoms with van der Waals surface area (Å²) in [4.78, 5) is 26.9. The number of aromatic hydroxyl groups is 2. The Kier molecular flexibility index (Phi) is 4.65. The molecule has 0 aliphatic carbocycles. The minimum atomic E-state index is -0.447. The average Bonchev–Trinajstić information content (AvgIpc) is 3.21. The number of benzene rings is 2. The molecule has 7 nitrogen and oxygen atoms in total. The highest BCUT2D eigenvalue weighted by Crippen LogP contribution is 2.30. The second-order valence-electron chi connectivity index (χ2n) is 6.97. The maximum atomic E-state index is 12.4. The molecule has 28 heavy (non-hydrogen) atoms. The fraction of sp³-hybridized carbons (Fsp3) is 0.238. The third-order valence-corrected chi connectivity index (χ3v) is 5.07. The maximum Gasteiger partial charge on any atom is 0.260 e. The molecule has 0 radical (unpaired) electrons. The Hall–Kier alpha value is -3.48. The van der Waals surface area contributed by atoms with Crippen LogP contribution in [-0.4, -0.2) is 35.1 Å². The molecule has 1 saturated heterocycles. The number of rotatable bonds is 4. The summed E-state index contributed by atoms with van der Waals surface area (Å²) in [6, 6.07) is 10.1. The number of phenols is 2. The van der Waals surface area contributed by atoms with E-state index in [-0.39, 0.29) is 11.5 Å². The highest BCUT2D eigenvalue weighted by atomic mass is 16.3. The van der Waals surface area contributed by atoms with Gasteiger partial charge in [0.2, 0.25) is 0 Å². The van der Waals surface area contributed by atoms with Crippen molar-refractivity contribution < 1.29 is 19.8 Å². The van der Waals surface area contributed by atoms with Crippen LogP contribution in [-0.2, 0) is 11.3 Å². The van der Waals surface area contributed by atoms with E-state index in [9.17, 15) is 19.8 Å². The molecule has 0 atom stereocenters. The third kappa shape index (κ3) is 3.38. The van der Waals surface area contributed by atoms with E-state index in [2.05, 4.69) is 15.5 Å². The van der Waals surface area contributed by atoms with Crippen molar-refractivity contribution in [3.8, 4) is 11.5 Å². The summed E-state index contributed by atoms with van der Waals surface area (Å²) in [5, 5.41) is 24.4. The standard InChI is InChI=1S/C21H21N3O4/c25-18-6-3-13(9-19(18)26)11-22-12-17-16-10-14(24-7-1-2-8-24)4-5-15(16)20(27)23-21(17)28/h3-6,9-10,12,22,25-26H,1-2,7-8,11H2,(H,23,27,28). The number of anilines is 1. The zero-order valence-corrected chi connectivity index (χ0v) is 15.2. The van der Waals surface area contributed by atoms with Crippen LogP contribution in [0.5, 0.6) is 11.5 Å². The lowest BCUT2D eigenvalue weighted by Crippen LogP contribution is -2.37. The summed E-state index contributed by atoms with van der Waals surface area (Å²) in [6.07, 6.45) is 3.86. The number of nitrogens with one attached hydrogen (secondary N) is 2. The van der Waals surface area contributed by atoms with Crippen LogP contribution >= 0.6 is 0 Å². The molecular weight excluding hydrogens is 358 g/mol. The van der Waals surface area contributed by atoms with Crippen molar-refractivity contribution in [3.05, 3.63) is 59.3 Å². The lowest BCUT2D eigenvalue weighted by molar-refractivity contribution is -0.114. The number of nitrogens with zero attached hydrogens (tertiary/aromatic N) is 1. The molecule has 2 aliphatic heterocycles. The van der Waals surface area contributed by atoms with Crippen LogP contribution < -0.4 is 15.5 Å². The van der Waals surface area contributed by atoms with E-state index >= 15 is 0 Å². The summed E-state index contributed by atoms with van der Waals surface area (Å²) < 4.78 is 0. The van der Waals surface area contributed by atoms with Crippen LogP contribution in [0.2, 0.25) is 0 Å². The van der Waals surface area contributed by atoms with Crippen LogP contribution in [0.4, 0.5) is 5.69 Å². The molecule has 0 saturated carbocycles. The molecule has 4 rings (SSSR count). The van der Waals surface area contributed by atoms with Gasteiger partial charge >= 0.3 is 0 Å². The number of fused-ring (bicyclic) bond motifs is 1. The highest BCUT2D eigenvalue weighted by Gasteiger charge is 2.28. The van der Waals surface area contributed by atoms with Gasteiger partial charge in [-0.25, -0.2) is 0 Å². The van der Waals surface area contributed by atoms with Crippen molar-refractivity contribution in [3.63, 3.8) is 0 Å². The smallest absolute Gasteiger partial charge is 0.260 e. The van der Waals surface area contributed by atoms with Gasteiger partial charge in [-0.15, -0.1) is 0 Å². The molecule has 2 aromatic rings. The first-order chi connectivity index (χ1) is 13.5. The van der Waals surface area contributed by atoms with Gasteiger partial charge in [0, 0.05) is 42.6 Å². The molecule has 1 fully saturated rings. The van der Waals surface area contributed by atoms with Crippen molar-refractivity contribution in [2.24, 2.45) is 0 Å². The van der Waals surface area contributed by atoms with Gasteiger partial charge in [0.1, 0.15) is 0 Å². The summed E-state index contributed by atoms with van der Waals surface area (Å²) >= 11 is 0. The van der Waals surface area contributed by atoms with E-state index < -0.39 is 11.8 Å². The van der Waals surface area contributed by atoms with Gasteiger partial charge in [0.05, 0.1) is 5.57 Å². The molecule has 2 aromatic carbocycles. The van der Waals surface area contributed by atoms with Gasteiger partial charge in [-0.2, -0.15) is 0 Å². The first-order valence-corrected chi connectivity index (χ1v) is 9.22. The summed E-state index contributed by atoms with van der Waals surface area (Å²) in [5.41, 5.74) is 3.22. The van der Waals surface area contributed by atoms with Crippen molar-refractivity contribution in [2.75, 3.05) is 18.0 Å². The minimum absolute atomic E-state index is 0.185. The zero-order chi connectivity index (χ0) is 19.7. The third-order valence-electron chi connectivity index (χ3n) is 5.07. The average molecular weight is 379 g/mol. The van der Waals surface area contributed by atoms with Gasteiger partial charge in [0.15, 0.2) is 11.5 Å². The highest BCUT2D eigenvalue weighted by molar-refractivity contribution is 6.31. The van der Waals surface area contributed by atoms with Crippen molar-refractivity contribution in [1.82, 2.24) is 10.6 Å². The SMILES string of the molecule is O=C1NC(=O)c2ccc(N3CCCC3)cc2C1=CNCc1ccc(O)c(O)c1. The Morgan fingerprint density at radius 2 is 1.75 bits per heavy atom. The van der Waals surface area contributed by atoms with Crippen molar-refractivity contribution in [2.45, 2.75) is 19.4 Å². The van der Waals surface area contributed by atoms with Crippen LogP contribution in [0.1, 0.15) is 34.3 Å². The minimum Gasteiger partial charge on any atom is -0.504 e. The van der Waals surface area contributed by atoms with Crippen molar-refractivity contribution >= 4 is 23.1 Å². The Bertz CT molecular complexity index is 978. The van der Waals surface area contributed by atoms with Gasteiger partial charge in [-0.1, -0.05) is 6.07 Å². The number of imide groups is 1. The molecule has 0 bridgehead atoms. The van der Waals surface area contributed by atoms with Gasteiger partial charge in [-0.3, -0.25) is 14.9 Å². The fourth-order valence-corrected chi connectivity index (χ4v) is 3.58. The Labute approximate surface area is 162 Å². The van der Waals surface area contributed by atoms with Gasteiger partial charge in [0.25, 0.3) is 11.8 Å². The van der Waals surface area contributed by atoms with Crippen LogP contribution in [0.25, 0.3) is 5.57 Å². The molecule has 0 unspecified atom stereocenters. The summed E-state index contributed by atoms with van der Waals surface area (Å²) in [6.45, 7) is 2.29. The molecule has 2 heterocycles. The van der Waals surface area contributed by atoms with E-state index in [1.165, 1.54) is 12.1 Å². The molecule has 7 heteroatoms. The molecule has 2 aliphatic rings. The van der Waals surface area contributed by atoms with Gasteiger partial charge < -0.3 is 20.4 Å². The number of amides is 2. The lowest BCUT2D eigenvalue weighted by atomic mass is 9.94. The molecular formula is C21H21N3O4. The van der Waals surface area contributed by atoms with E-state index in [1.807, 2.05) is 12.1 Å². The fourth-order valence-electron chi connectivity index (χ4n) is 3.58. The molecule has 144 valence electrons. The predicted octanol–water partition coefficient (Wildman–Crippen LogP) is 2.10. The van der Waals surface area contributed by atoms with Crippen LogP contribution in [0, 0.1) is 0 Å². The maximum absolute atomic E-state index is 12.4. The second kappa shape index (κ2) is 7.26. The molecule has 2 amide bonds. The van der Waals surface area contributed by atoms with E-state index in [1.54, 1.807) is 18.3 Å². The van der Waals surface area contributed by atoms with E-state index in [4.69, 9.17) is 0 Å². The van der Waals surface area contributed by atoms with E-state index in [0.717, 1.165) is 37.2 Å². The lowest BCUT2D eigenvalue weighted by Gasteiger charge is -2.23. The first-order valence-electron chi connectivity index (χ1n) is 9.22. The number of carbonyl (C=O) groups is 2. The predicted molar refractivity (Wildman–Crippen MR) is 105 cm³/mol. The number of hydrogen-bond acceptors (Lipinski definition) is 6. The number of phenolic OH excluding ortho intramolecular Hbond substituents is 2. The molecule has 0 aromatic heterocycles. The Balaban J connectivity index is 1.61. The summed E-state index contributed by atoms with van der Waals surface area (Å²) in [5.74, 6) is -1.23. The Morgan fingerprint density at radius 3 is 2.50 bits per heavy atom.